The van der Waals surface area contributed by atoms with Crippen molar-refractivity contribution in [3.8, 4) is 0 Å². The van der Waals surface area contributed by atoms with Gasteiger partial charge in [-0.2, -0.15) is 5.10 Å². The Hall–Kier alpha value is -2.23. The Morgan fingerprint density at radius 2 is 2.18 bits per heavy atom. The van der Waals surface area contributed by atoms with Crippen LogP contribution in [0.25, 0.3) is 10.9 Å². The number of nitrogens with two attached hydrogens (primary N) is 1. The number of anilines is 1. The van der Waals surface area contributed by atoms with Gasteiger partial charge in [-0.25, -0.2) is 0 Å². The number of hydrogen-bond acceptors (Lipinski definition) is 2. The van der Waals surface area contributed by atoms with Crippen LogP contribution in [0.4, 0.5) is 5.69 Å². The molecule has 3 aromatic rings. The molecular formula is C13H14N4. The molecule has 0 bridgehead atoms. The Morgan fingerprint density at radius 3 is 3.00 bits per heavy atom. The molecule has 3 N–H and O–H groups in total. The van der Waals surface area contributed by atoms with E-state index < -0.39 is 0 Å². The van der Waals surface area contributed by atoms with Gasteiger partial charge in [-0.1, -0.05) is 18.2 Å². The first-order valence-electron chi connectivity index (χ1n) is 5.66. The van der Waals surface area contributed by atoms with Crippen LogP contribution in [-0.2, 0) is 13.0 Å². The SMILES string of the molecule is Nc1cnn(CCc2c[nH]c3ccccc23)c1. The van der Waals surface area contributed by atoms with Crippen LogP contribution in [0.1, 0.15) is 5.56 Å². The quantitative estimate of drug-likeness (QED) is 0.719. The Morgan fingerprint density at radius 1 is 1.29 bits per heavy atom. The second-order valence-electron chi connectivity index (χ2n) is 4.15. The third-order valence-electron chi connectivity index (χ3n) is 2.94. The van der Waals surface area contributed by atoms with Crippen molar-refractivity contribution in [3.05, 3.63) is 48.4 Å². The fourth-order valence-electron chi connectivity index (χ4n) is 2.08. The van der Waals surface area contributed by atoms with Gasteiger partial charge in [0, 0.05) is 29.8 Å². The molecule has 0 radical (unpaired) electrons. The molecule has 0 unspecified atom stereocenters. The normalized spacial score (nSPS) is 11.1. The Bertz CT molecular complexity index is 635. The molecule has 0 fully saturated rings. The molecule has 86 valence electrons. The van der Waals surface area contributed by atoms with Gasteiger partial charge in [0.1, 0.15) is 0 Å². The highest BCUT2D eigenvalue weighted by molar-refractivity contribution is 5.82. The number of nitrogens with zero attached hydrogens (tertiary/aromatic N) is 2. The molecule has 0 aliphatic carbocycles. The first-order valence-corrected chi connectivity index (χ1v) is 5.66. The highest BCUT2D eigenvalue weighted by Crippen LogP contribution is 2.18. The van der Waals surface area contributed by atoms with Gasteiger partial charge in [-0.05, 0) is 18.1 Å². The van der Waals surface area contributed by atoms with Gasteiger partial charge in [0.05, 0.1) is 11.9 Å². The molecule has 0 aliphatic rings. The second-order valence-corrected chi connectivity index (χ2v) is 4.15. The predicted octanol–water partition coefficient (Wildman–Crippen LogP) is 2.19. The summed E-state index contributed by atoms with van der Waals surface area (Å²) in [5, 5.41) is 5.46. The zero-order valence-corrected chi connectivity index (χ0v) is 9.43. The molecular weight excluding hydrogens is 212 g/mol. The van der Waals surface area contributed by atoms with Crippen molar-refractivity contribution in [3.63, 3.8) is 0 Å². The Balaban J connectivity index is 1.81. The fourth-order valence-corrected chi connectivity index (χ4v) is 2.08. The number of nitrogens with one attached hydrogen (secondary N) is 1. The van der Waals surface area contributed by atoms with E-state index in [1.165, 1.54) is 16.5 Å². The fraction of sp³-hybridized carbons (Fsp3) is 0.154. The number of aryl methyl sites for hydroxylation is 2. The van der Waals surface area contributed by atoms with Gasteiger partial charge in [-0.3, -0.25) is 4.68 Å². The van der Waals surface area contributed by atoms with E-state index in [1.807, 2.05) is 16.9 Å². The van der Waals surface area contributed by atoms with Gasteiger partial charge < -0.3 is 10.7 Å². The van der Waals surface area contributed by atoms with E-state index in [0.29, 0.717) is 5.69 Å². The molecule has 17 heavy (non-hydrogen) atoms. The first-order chi connectivity index (χ1) is 8.33. The van der Waals surface area contributed by atoms with Crippen LogP contribution < -0.4 is 5.73 Å². The van der Waals surface area contributed by atoms with Gasteiger partial charge in [0.25, 0.3) is 0 Å². The summed E-state index contributed by atoms with van der Waals surface area (Å²) in [6.45, 7) is 0.846. The minimum atomic E-state index is 0.712. The minimum absolute atomic E-state index is 0.712. The zero-order valence-electron chi connectivity index (χ0n) is 9.43. The number of rotatable bonds is 3. The number of nitrogen functional groups attached to an aromatic ring is 1. The number of hydrogen-bond donors (Lipinski definition) is 2. The summed E-state index contributed by atoms with van der Waals surface area (Å²) in [5.74, 6) is 0. The summed E-state index contributed by atoms with van der Waals surface area (Å²) in [6.07, 6.45) is 6.55. The van der Waals surface area contributed by atoms with E-state index >= 15 is 0 Å². The third kappa shape index (κ3) is 1.89. The molecule has 0 amide bonds. The maximum atomic E-state index is 5.63. The lowest BCUT2D eigenvalue weighted by Crippen LogP contribution is -2.01. The Kier molecular flexibility index (Phi) is 2.33. The lowest BCUT2D eigenvalue weighted by molar-refractivity contribution is 0.616. The average molecular weight is 226 g/mol. The van der Waals surface area contributed by atoms with Crippen LogP contribution in [0.2, 0.25) is 0 Å². The van der Waals surface area contributed by atoms with Crippen molar-refractivity contribution in [1.82, 2.24) is 14.8 Å². The van der Waals surface area contributed by atoms with Crippen molar-refractivity contribution < 1.29 is 0 Å². The topological polar surface area (TPSA) is 59.6 Å². The summed E-state index contributed by atoms with van der Waals surface area (Å²) in [6, 6.07) is 8.33. The molecule has 0 aliphatic heterocycles. The number of aromatic nitrogens is 3. The average Bonchev–Trinajstić information content (AvgIpc) is 2.93. The molecule has 4 heteroatoms. The van der Waals surface area contributed by atoms with Gasteiger partial charge in [0.15, 0.2) is 0 Å². The molecule has 2 aromatic heterocycles. The molecule has 2 heterocycles. The lowest BCUT2D eigenvalue weighted by Gasteiger charge is -2.00. The Labute approximate surface area is 99.1 Å². The van der Waals surface area contributed by atoms with Gasteiger partial charge in [-0.15, -0.1) is 0 Å². The van der Waals surface area contributed by atoms with Crippen LogP contribution in [0.15, 0.2) is 42.9 Å². The number of para-hydroxylation sites is 1. The smallest absolute Gasteiger partial charge is 0.0719 e. The molecule has 0 spiro atoms. The van der Waals surface area contributed by atoms with Crippen LogP contribution in [0.3, 0.4) is 0 Å². The maximum Gasteiger partial charge on any atom is 0.0719 e. The predicted molar refractivity (Wildman–Crippen MR) is 68.6 cm³/mol. The van der Waals surface area contributed by atoms with Crippen LogP contribution in [0.5, 0.6) is 0 Å². The summed E-state index contributed by atoms with van der Waals surface area (Å²) >= 11 is 0. The molecule has 0 saturated heterocycles. The number of benzene rings is 1. The monoisotopic (exact) mass is 226 g/mol. The van der Waals surface area contributed by atoms with E-state index in [2.05, 4.69) is 34.5 Å². The maximum absolute atomic E-state index is 5.63. The minimum Gasteiger partial charge on any atom is -0.396 e. The van der Waals surface area contributed by atoms with Crippen LogP contribution in [-0.4, -0.2) is 14.8 Å². The molecule has 0 saturated carbocycles. The molecule has 1 aromatic carbocycles. The van der Waals surface area contributed by atoms with E-state index in [0.717, 1.165) is 13.0 Å². The lowest BCUT2D eigenvalue weighted by atomic mass is 10.1. The van der Waals surface area contributed by atoms with E-state index in [-0.39, 0.29) is 0 Å². The van der Waals surface area contributed by atoms with Crippen LogP contribution in [0, 0.1) is 0 Å². The van der Waals surface area contributed by atoms with E-state index in [1.54, 1.807) is 6.20 Å². The van der Waals surface area contributed by atoms with Gasteiger partial charge >= 0.3 is 0 Å². The van der Waals surface area contributed by atoms with Crippen molar-refractivity contribution in [1.29, 1.82) is 0 Å². The number of fused-ring (bicyclic) bond motifs is 1. The second kappa shape index (κ2) is 3.97. The highest BCUT2D eigenvalue weighted by Gasteiger charge is 2.03. The third-order valence-corrected chi connectivity index (χ3v) is 2.94. The van der Waals surface area contributed by atoms with Crippen molar-refractivity contribution in [2.24, 2.45) is 0 Å². The van der Waals surface area contributed by atoms with E-state index in [4.69, 9.17) is 5.73 Å². The summed E-state index contributed by atoms with van der Waals surface area (Å²) < 4.78 is 1.87. The standard InChI is InChI=1S/C13H14N4/c14-11-8-16-17(9-11)6-5-10-7-15-13-4-2-1-3-12(10)13/h1-4,7-9,15H,5-6,14H2. The summed E-state index contributed by atoms with van der Waals surface area (Å²) in [5.41, 5.74) is 8.84. The van der Waals surface area contributed by atoms with Crippen molar-refractivity contribution >= 4 is 16.6 Å². The summed E-state index contributed by atoms with van der Waals surface area (Å²) in [4.78, 5) is 3.28. The molecule has 3 rings (SSSR count). The van der Waals surface area contributed by atoms with Crippen LogP contribution >= 0.6 is 0 Å². The first kappa shape index (κ1) is 9.96. The van der Waals surface area contributed by atoms with E-state index in [9.17, 15) is 0 Å². The molecule has 0 atom stereocenters. The van der Waals surface area contributed by atoms with Crippen molar-refractivity contribution in [2.75, 3.05) is 5.73 Å². The number of H-pyrrole nitrogens is 1. The zero-order chi connectivity index (χ0) is 11.7. The molecule has 4 nitrogen and oxygen atoms in total. The van der Waals surface area contributed by atoms with Gasteiger partial charge in [0.2, 0.25) is 0 Å². The van der Waals surface area contributed by atoms with Crippen molar-refractivity contribution in [2.45, 2.75) is 13.0 Å². The highest BCUT2D eigenvalue weighted by atomic mass is 15.3. The summed E-state index contributed by atoms with van der Waals surface area (Å²) in [7, 11) is 0. The largest absolute Gasteiger partial charge is 0.396 e. The number of aromatic amines is 1.